The highest BCUT2D eigenvalue weighted by atomic mass is 79.9. The predicted octanol–water partition coefficient (Wildman–Crippen LogP) is 3.97. The van der Waals surface area contributed by atoms with Gasteiger partial charge in [-0.2, -0.15) is 0 Å². The summed E-state index contributed by atoms with van der Waals surface area (Å²) >= 11 is 3.48. The van der Waals surface area contributed by atoms with Crippen LogP contribution in [0, 0.1) is 0 Å². The number of rotatable bonds is 4. The van der Waals surface area contributed by atoms with Crippen molar-refractivity contribution in [3.8, 4) is 0 Å². The molecule has 1 aliphatic carbocycles. The number of hydrogen-bond donors (Lipinski definition) is 1. The lowest BCUT2D eigenvalue weighted by Gasteiger charge is -2.31. The fraction of sp³-hybridized carbons (Fsp3) is 0.733. The first-order chi connectivity index (χ1) is 9.63. The van der Waals surface area contributed by atoms with E-state index in [2.05, 4.69) is 27.8 Å². The minimum atomic E-state index is -0.343. The molecule has 1 heterocycles. The molecule has 112 valence electrons. The van der Waals surface area contributed by atoms with Gasteiger partial charge in [0.2, 0.25) is 0 Å². The van der Waals surface area contributed by atoms with Crippen LogP contribution in [0.2, 0.25) is 0 Å². The zero-order valence-corrected chi connectivity index (χ0v) is 14.0. The summed E-state index contributed by atoms with van der Waals surface area (Å²) in [7, 11) is 0. The van der Waals surface area contributed by atoms with E-state index in [1.807, 2.05) is 6.92 Å². The third-order valence-electron chi connectivity index (χ3n) is 4.02. The minimum absolute atomic E-state index is 0.343. The van der Waals surface area contributed by atoms with Crippen molar-refractivity contribution in [1.29, 1.82) is 0 Å². The lowest BCUT2D eigenvalue weighted by molar-refractivity contribution is -0.0624. The molecule has 0 aromatic carbocycles. The van der Waals surface area contributed by atoms with Crippen molar-refractivity contribution in [3.63, 3.8) is 0 Å². The number of ether oxygens (including phenoxy) is 1. The van der Waals surface area contributed by atoms with Crippen LogP contribution in [0.3, 0.4) is 0 Å². The first-order valence-corrected chi connectivity index (χ1v) is 8.38. The summed E-state index contributed by atoms with van der Waals surface area (Å²) in [5, 5.41) is 0. The second-order valence-corrected chi connectivity index (χ2v) is 6.18. The van der Waals surface area contributed by atoms with Gasteiger partial charge in [-0.1, -0.05) is 32.6 Å². The molecule has 0 amide bonds. The Labute approximate surface area is 129 Å². The molecule has 1 aliphatic rings. The van der Waals surface area contributed by atoms with E-state index >= 15 is 0 Å². The van der Waals surface area contributed by atoms with E-state index < -0.39 is 0 Å². The van der Waals surface area contributed by atoms with Gasteiger partial charge < -0.3 is 10.5 Å². The average molecular weight is 342 g/mol. The third-order valence-corrected chi connectivity index (χ3v) is 4.88. The SMILES string of the molecule is CCOC1(c2nc(N)c(Br)c(CC)n2)CCCCCC1. The van der Waals surface area contributed by atoms with Crippen molar-refractivity contribution in [3.05, 3.63) is 16.0 Å². The molecule has 0 unspecified atom stereocenters. The van der Waals surface area contributed by atoms with Gasteiger partial charge in [-0.25, -0.2) is 9.97 Å². The van der Waals surface area contributed by atoms with E-state index in [0.29, 0.717) is 12.4 Å². The number of nitrogen functional groups attached to an aromatic ring is 1. The molecule has 1 fully saturated rings. The van der Waals surface area contributed by atoms with Crippen LogP contribution in [0.4, 0.5) is 5.82 Å². The van der Waals surface area contributed by atoms with Crippen molar-refractivity contribution in [2.75, 3.05) is 12.3 Å². The van der Waals surface area contributed by atoms with Crippen molar-refractivity contribution in [2.45, 2.75) is 64.4 Å². The molecule has 5 heteroatoms. The van der Waals surface area contributed by atoms with Gasteiger partial charge in [0.25, 0.3) is 0 Å². The smallest absolute Gasteiger partial charge is 0.162 e. The minimum Gasteiger partial charge on any atom is -0.383 e. The highest BCUT2D eigenvalue weighted by molar-refractivity contribution is 9.10. The molecule has 2 N–H and O–H groups in total. The molecule has 2 rings (SSSR count). The van der Waals surface area contributed by atoms with Gasteiger partial charge >= 0.3 is 0 Å². The van der Waals surface area contributed by atoms with Crippen LogP contribution in [-0.2, 0) is 16.8 Å². The molecular weight excluding hydrogens is 318 g/mol. The van der Waals surface area contributed by atoms with Crippen molar-refractivity contribution in [2.24, 2.45) is 0 Å². The fourth-order valence-electron chi connectivity index (χ4n) is 2.96. The van der Waals surface area contributed by atoms with Crippen LogP contribution >= 0.6 is 15.9 Å². The zero-order chi connectivity index (χ0) is 14.6. The molecule has 20 heavy (non-hydrogen) atoms. The molecule has 0 saturated heterocycles. The van der Waals surface area contributed by atoms with E-state index in [4.69, 9.17) is 15.5 Å². The lowest BCUT2D eigenvalue weighted by atomic mass is 9.92. The standard InChI is InChI=1S/C15H24BrN3O/c1-3-11-12(16)13(17)19-14(18-11)15(20-4-2)9-7-5-6-8-10-15/h3-10H2,1-2H3,(H2,17,18,19). The Morgan fingerprint density at radius 2 is 1.80 bits per heavy atom. The number of hydrogen-bond acceptors (Lipinski definition) is 4. The molecular formula is C15H24BrN3O. The first-order valence-electron chi connectivity index (χ1n) is 7.59. The van der Waals surface area contributed by atoms with Crippen molar-refractivity contribution < 1.29 is 4.74 Å². The maximum atomic E-state index is 6.13. The maximum Gasteiger partial charge on any atom is 0.162 e. The number of aryl methyl sites for hydroxylation is 1. The number of nitrogens with two attached hydrogens (primary N) is 1. The Morgan fingerprint density at radius 1 is 1.15 bits per heavy atom. The quantitative estimate of drug-likeness (QED) is 0.841. The summed E-state index contributed by atoms with van der Waals surface area (Å²) in [6.07, 6.45) is 7.68. The van der Waals surface area contributed by atoms with Gasteiger partial charge in [0.1, 0.15) is 11.4 Å². The van der Waals surface area contributed by atoms with E-state index in [9.17, 15) is 0 Å². The molecule has 1 saturated carbocycles. The van der Waals surface area contributed by atoms with E-state index in [1.165, 1.54) is 25.7 Å². The monoisotopic (exact) mass is 341 g/mol. The number of halogens is 1. The molecule has 0 bridgehead atoms. The Hall–Kier alpha value is -0.680. The lowest BCUT2D eigenvalue weighted by Crippen LogP contribution is -2.32. The second kappa shape index (κ2) is 6.85. The van der Waals surface area contributed by atoms with Gasteiger partial charge in [0.05, 0.1) is 10.2 Å². The maximum absolute atomic E-state index is 6.13. The topological polar surface area (TPSA) is 61.0 Å². The van der Waals surface area contributed by atoms with E-state index in [0.717, 1.165) is 35.3 Å². The molecule has 1 aromatic rings. The van der Waals surface area contributed by atoms with Crippen LogP contribution in [0.25, 0.3) is 0 Å². The van der Waals surface area contributed by atoms with Crippen LogP contribution in [0.15, 0.2) is 4.47 Å². The Kier molecular flexibility index (Phi) is 5.38. The highest BCUT2D eigenvalue weighted by Crippen LogP contribution is 2.39. The zero-order valence-electron chi connectivity index (χ0n) is 12.4. The van der Waals surface area contributed by atoms with Gasteiger partial charge in [0, 0.05) is 6.61 Å². The van der Waals surface area contributed by atoms with Crippen LogP contribution in [-0.4, -0.2) is 16.6 Å². The third kappa shape index (κ3) is 3.14. The number of aromatic nitrogens is 2. The number of anilines is 1. The molecule has 1 aromatic heterocycles. The highest BCUT2D eigenvalue weighted by Gasteiger charge is 2.37. The predicted molar refractivity (Wildman–Crippen MR) is 84.5 cm³/mol. The average Bonchev–Trinajstić information content (AvgIpc) is 2.68. The second-order valence-electron chi connectivity index (χ2n) is 5.39. The summed E-state index contributed by atoms with van der Waals surface area (Å²) in [5.74, 6) is 1.30. The van der Waals surface area contributed by atoms with Gasteiger partial charge in [-0.3, -0.25) is 0 Å². The fourth-order valence-corrected chi connectivity index (χ4v) is 3.42. The summed E-state index contributed by atoms with van der Waals surface area (Å²) in [6, 6.07) is 0. The Morgan fingerprint density at radius 3 is 2.35 bits per heavy atom. The van der Waals surface area contributed by atoms with Gasteiger partial charge in [0.15, 0.2) is 5.82 Å². The van der Waals surface area contributed by atoms with Crippen LogP contribution in [0.5, 0.6) is 0 Å². The summed E-state index contributed by atoms with van der Waals surface area (Å²) in [6.45, 7) is 4.80. The molecule has 0 spiro atoms. The molecule has 4 nitrogen and oxygen atoms in total. The molecule has 0 atom stereocenters. The summed E-state index contributed by atoms with van der Waals surface area (Å²) in [4.78, 5) is 9.28. The Bertz CT molecular complexity index is 457. The largest absolute Gasteiger partial charge is 0.383 e. The normalized spacial score (nSPS) is 18.8. The van der Waals surface area contributed by atoms with Crippen LogP contribution < -0.4 is 5.73 Å². The van der Waals surface area contributed by atoms with Crippen molar-refractivity contribution >= 4 is 21.7 Å². The molecule has 0 aliphatic heterocycles. The number of nitrogens with zero attached hydrogens (tertiary/aromatic N) is 2. The summed E-state index contributed by atoms with van der Waals surface area (Å²) in [5.41, 5.74) is 6.67. The van der Waals surface area contributed by atoms with Gasteiger partial charge in [-0.15, -0.1) is 0 Å². The molecule has 0 radical (unpaired) electrons. The van der Waals surface area contributed by atoms with Crippen LogP contribution in [0.1, 0.15) is 63.9 Å². The van der Waals surface area contributed by atoms with Crippen molar-refractivity contribution in [1.82, 2.24) is 9.97 Å². The van der Waals surface area contributed by atoms with E-state index in [-0.39, 0.29) is 5.60 Å². The first kappa shape index (κ1) is 15.7. The van der Waals surface area contributed by atoms with E-state index in [1.54, 1.807) is 0 Å². The summed E-state index contributed by atoms with van der Waals surface area (Å²) < 4.78 is 6.96. The Balaban J connectivity index is 2.45. The van der Waals surface area contributed by atoms with Gasteiger partial charge in [-0.05, 0) is 42.1 Å².